The average Bonchev–Trinajstić information content (AvgIpc) is 3.38. The topological polar surface area (TPSA) is 47.3 Å². The molecule has 1 fully saturated rings. The number of rotatable bonds is 6. The lowest BCUT2D eigenvalue weighted by Gasteiger charge is -2.24. The third-order valence-electron chi connectivity index (χ3n) is 4.28. The van der Waals surface area contributed by atoms with Crippen LogP contribution in [0.5, 0.6) is 0 Å². The van der Waals surface area contributed by atoms with Gasteiger partial charge in [-0.15, -0.1) is 11.3 Å². The van der Waals surface area contributed by atoms with Gasteiger partial charge < -0.3 is 14.5 Å². The molecule has 124 valence electrons. The van der Waals surface area contributed by atoms with Crippen molar-refractivity contribution in [3.8, 4) is 10.8 Å². The number of hydrogen-bond acceptors (Lipinski definition) is 5. The van der Waals surface area contributed by atoms with Gasteiger partial charge >= 0.3 is 0 Å². The van der Waals surface area contributed by atoms with Crippen molar-refractivity contribution < 1.29 is 9.15 Å². The smallest absolute Gasteiger partial charge is 0.162 e. The third-order valence-corrected chi connectivity index (χ3v) is 5.29. The van der Waals surface area contributed by atoms with Gasteiger partial charge in [0.15, 0.2) is 10.8 Å². The predicted molar refractivity (Wildman–Crippen MR) is 94.8 cm³/mol. The first-order chi connectivity index (χ1) is 11.9. The van der Waals surface area contributed by atoms with Crippen LogP contribution in [0.3, 0.4) is 0 Å². The van der Waals surface area contributed by atoms with Crippen LogP contribution in [0.15, 0.2) is 59.3 Å². The van der Waals surface area contributed by atoms with Crippen LogP contribution >= 0.6 is 11.3 Å². The Labute approximate surface area is 145 Å². The maximum Gasteiger partial charge on any atom is 0.162 e. The van der Waals surface area contributed by atoms with E-state index in [4.69, 9.17) is 9.15 Å². The Hall–Kier alpha value is -1.95. The standard InChI is InChI=1S/C19H20N2O2S/c1-2-6-14(7-3-1)18(16-8-4-10-22-16)20-12-15-13-21-19(24-15)17-9-5-11-23-17/h1-3,5-7,9,11,13,16,18,20H,4,8,10,12H2/t16-,18+/m1/s1. The number of aromatic nitrogens is 1. The average molecular weight is 340 g/mol. The fourth-order valence-electron chi connectivity index (χ4n) is 3.10. The first-order valence-electron chi connectivity index (χ1n) is 8.28. The second-order valence-corrected chi connectivity index (χ2v) is 7.04. The van der Waals surface area contributed by atoms with Gasteiger partial charge in [-0.25, -0.2) is 4.98 Å². The highest BCUT2D eigenvalue weighted by molar-refractivity contribution is 7.14. The Morgan fingerprint density at radius 3 is 2.88 bits per heavy atom. The zero-order valence-corrected chi connectivity index (χ0v) is 14.2. The molecule has 24 heavy (non-hydrogen) atoms. The van der Waals surface area contributed by atoms with Crippen LogP contribution in [0.25, 0.3) is 10.8 Å². The second kappa shape index (κ2) is 7.30. The zero-order valence-electron chi connectivity index (χ0n) is 13.4. The molecule has 1 aliphatic rings. The molecular formula is C19H20N2O2S. The molecule has 2 aromatic heterocycles. The lowest BCUT2D eigenvalue weighted by molar-refractivity contribution is 0.0777. The summed E-state index contributed by atoms with van der Waals surface area (Å²) in [6.07, 6.45) is 6.08. The van der Waals surface area contributed by atoms with Crippen molar-refractivity contribution in [3.63, 3.8) is 0 Å². The van der Waals surface area contributed by atoms with Gasteiger partial charge in [-0.05, 0) is 30.5 Å². The molecule has 1 N–H and O–H groups in total. The number of benzene rings is 1. The van der Waals surface area contributed by atoms with Gasteiger partial charge in [0.1, 0.15) is 0 Å². The van der Waals surface area contributed by atoms with E-state index in [1.165, 1.54) is 10.4 Å². The van der Waals surface area contributed by atoms with Crippen molar-refractivity contribution >= 4 is 11.3 Å². The third kappa shape index (κ3) is 3.43. The predicted octanol–water partition coefficient (Wildman–Crippen LogP) is 4.41. The minimum absolute atomic E-state index is 0.211. The Morgan fingerprint density at radius 2 is 2.12 bits per heavy atom. The van der Waals surface area contributed by atoms with Crippen molar-refractivity contribution in [2.45, 2.75) is 31.5 Å². The summed E-state index contributed by atoms with van der Waals surface area (Å²) in [5.41, 5.74) is 1.28. The summed E-state index contributed by atoms with van der Waals surface area (Å²) >= 11 is 1.66. The normalized spacial score (nSPS) is 18.8. The van der Waals surface area contributed by atoms with E-state index in [1.54, 1.807) is 17.6 Å². The minimum atomic E-state index is 0.211. The van der Waals surface area contributed by atoms with E-state index >= 15 is 0 Å². The Bertz CT molecular complexity index is 749. The van der Waals surface area contributed by atoms with Crippen molar-refractivity contribution in [3.05, 3.63) is 65.4 Å². The highest BCUT2D eigenvalue weighted by Crippen LogP contribution is 2.29. The molecule has 1 saturated heterocycles. The second-order valence-electron chi connectivity index (χ2n) is 5.93. The summed E-state index contributed by atoms with van der Waals surface area (Å²) in [5.74, 6) is 0.824. The van der Waals surface area contributed by atoms with Crippen LogP contribution < -0.4 is 5.32 Å². The molecule has 0 amide bonds. The summed E-state index contributed by atoms with van der Waals surface area (Å²) in [6.45, 7) is 1.64. The maximum absolute atomic E-state index is 5.93. The number of ether oxygens (including phenoxy) is 1. The number of furan rings is 1. The lowest BCUT2D eigenvalue weighted by Crippen LogP contribution is -2.31. The number of nitrogens with one attached hydrogen (secondary N) is 1. The molecule has 5 heteroatoms. The largest absolute Gasteiger partial charge is 0.462 e. The minimum Gasteiger partial charge on any atom is -0.462 e. The molecular weight excluding hydrogens is 320 g/mol. The molecule has 0 saturated carbocycles. The Morgan fingerprint density at radius 1 is 1.21 bits per heavy atom. The molecule has 0 unspecified atom stereocenters. The van der Waals surface area contributed by atoms with Gasteiger partial charge in [0.2, 0.25) is 0 Å². The SMILES string of the molecule is c1ccc([C@H](NCc2cnc(-c3ccco3)s2)[C@H]2CCCO2)cc1. The molecule has 0 spiro atoms. The van der Waals surface area contributed by atoms with Gasteiger partial charge in [-0.1, -0.05) is 30.3 Å². The van der Waals surface area contributed by atoms with Crippen molar-refractivity contribution in [2.75, 3.05) is 6.61 Å². The van der Waals surface area contributed by atoms with E-state index in [0.717, 1.165) is 36.8 Å². The molecule has 4 rings (SSSR count). The van der Waals surface area contributed by atoms with Crippen LogP contribution in [0.2, 0.25) is 0 Å². The summed E-state index contributed by atoms with van der Waals surface area (Å²) < 4.78 is 11.3. The number of hydrogen-bond donors (Lipinski definition) is 1. The van der Waals surface area contributed by atoms with Crippen molar-refractivity contribution in [2.24, 2.45) is 0 Å². The summed E-state index contributed by atoms with van der Waals surface area (Å²) in [5, 5.41) is 4.59. The van der Waals surface area contributed by atoms with Gasteiger partial charge in [-0.3, -0.25) is 0 Å². The summed E-state index contributed by atoms with van der Waals surface area (Å²) in [4.78, 5) is 5.66. The fraction of sp³-hybridized carbons (Fsp3) is 0.316. The van der Waals surface area contributed by atoms with E-state index in [0.29, 0.717) is 0 Å². The quantitative estimate of drug-likeness (QED) is 0.722. The number of thiazole rings is 1. The van der Waals surface area contributed by atoms with Crippen LogP contribution in [0.1, 0.15) is 29.3 Å². The van der Waals surface area contributed by atoms with Gasteiger partial charge in [0, 0.05) is 24.2 Å². The van der Waals surface area contributed by atoms with Crippen LogP contribution in [-0.2, 0) is 11.3 Å². The molecule has 3 heterocycles. The van der Waals surface area contributed by atoms with Gasteiger partial charge in [0.25, 0.3) is 0 Å². The lowest BCUT2D eigenvalue weighted by atomic mass is 9.99. The van der Waals surface area contributed by atoms with E-state index in [2.05, 4.69) is 40.6 Å². The Balaban J connectivity index is 1.47. The van der Waals surface area contributed by atoms with E-state index in [1.807, 2.05) is 18.3 Å². The monoisotopic (exact) mass is 340 g/mol. The van der Waals surface area contributed by atoms with Gasteiger partial charge in [0.05, 0.1) is 18.4 Å². The van der Waals surface area contributed by atoms with Crippen molar-refractivity contribution in [1.82, 2.24) is 10.3 Å². The highest BCUT2D eigenvalue weighted by Gasteiger charge is 2.27. The maximum atomic E-state index is 5.93. The first kappa shape index (κ1) is 15.6. The van der Waals surface area contributed by atoms with E-state index in [9.17, 15) is 0 Å². The summed E-state index contributed by atoms with van der Waals surface area (Å²) in [7, 11) is 0. The Kier molecular flexibility index (Phi) is 4.74. The molecule has 1 aliphatic heterocycles. The van der Waals surface area contributed by atoms with Crippen LogP contribution in [0.4, 0.5) is 0 Å². The highest BCUT2D eigenvalue weighted by atomic mass is 32.1. The number of nitrogens with zero attached hydrogens (tertiary/aromatic N) is 1. The molecule has 0 bridgehead atoms. The van der Waals surface area contributed by atoms with Crippen molar-refractivity contribution in [1.29, 1.82) is 0 Å². The molecule has 4 nitrogen and oxygen atoms in total. The molecule has 1 aromatic carbocycles. The van der Waals surface area contributed by atoms with Crippen LogP contribution in [-0.4, -0.2) is 17.7 Å². The molecule has 3 aromatic rings. The molecule has 2 atom stereocenters. The zero-order chi connectivity index (χ0) is 16.2. The fourth-order valence-corrected chi connectivity index (χ4v) is 3.94. The molecule has 0 radical (unpaired) electrons. The van der Waals surface area contributed by atoms with E-state index < -0.39 is 0 Å². The first-order valence-corrected chi connectivity index (χ1v) is 9.10. The molecule has 0 aliphatic carbocycles. The van der Waals surface area contributed by atoms with Gasteiger partial charge in [-0.2, -0.15) is 0 Å². The van der Waals surface area contributed by atoms with E-state index in [-0.39, 0.29) is 12.1 Å². The van der Waals surface area contributed by atoms with Crippen LogP contribution in [0, 0.1) is 0 Å². The summed E-state index contributed by atoms with van der Waals surface area (Å²) in [6, 6.07) is 14.6.